The fourth-order valence-corrected chi connectivity index (χ4v) is 5.32. The quantitative estimate of drug-likeness (QED) is 0.457. The van der Waals surface area contributed by atoms with Gasteiger partial charge in [-0.15, -0.1) is 11.3 Å². The van der Waals surface area contributed by atoms with Gasteiger partial charge in [0.1, 0.15) is 10.8 Å². The van der Waals surface area contributed by atoms with Gasteiger partial charge in [0.2, 0.25) is 0 Å². The van der Waals surface area contributed by atoms with E-state index in [0.29, 0.717) is 28.8 Å². The maximum atomic E-state index is 12.5. The van der Waals surface area contributed by atoms with E-state index in [1.165, 1.54) is 4.88 Å². The van der Waals surface area contributed by atoms with Crippen molar-refractivity contribution in [1.82, 2.24) is 15.2 Å². The molecule has 0 saturated carbocycles. The summed E-state index contributed by atoms with van der Waals surface area (Å²) in [6.07, 6.45) is 4.07. The third kappa shape index (κ3) is 5.62. The molecule has 3 aromatic rings. The second-order valence-corrected chi connectivity index (χ2v) is 9.82. The van der Waals surface area contributed by atoms with Crippen molar-refractivity contribution in [2.75, 3.05) is 26.7 Å². The van der Waals surface area contributed by atoms with Gasteiger partial charge in [-0.1, -0.05) is 41.4 Å². The number of rotatable bonds is 7. The molecule has 1 aliphatic rings. The fourth-order valence-electron chi connectivity index (χ4n) is 3.85. The zero-order chi connectivity index (χ0) is 22.5. The molecule has 1 amide bonds. The number of halogens is 2. The molecule has 0 spiro atoms. The lowest BCUT2D eigenvalue weighted by molar-refractivity contribution is 0.0935. The Hall–Kier alpha value is -2.12. The summed E-state index contributed by atoms with van der Waals surface area (Å²) < 4.78 is 5.20. The molecular formula is C24H25Cl2N3O2S. The van der Waals surface area contributed by atoms with E-state index in [2.05, 4.69) is 15.2 Å². The van der Waals surface area contributed by atoms with Crippen LogP contribution in [-0.2, 0) is 6.54 Å². The minimum atomic E-state index is -0.0980. The van der Waals surface area contributed by atoms with Crippen LogP contribution in [0.25, 0.3) is 10.6 Å². The van der Waals surface area contributed by atoms with Crippen LogP contribution in [0.15, 0.2) is 48.7 Å². The number of nitrogens with one attached hydrogen (secondary N) is 1. The highest BCUT2D eigenvalue weighted by atomic mass is 35.5. The van der Waals surface area contributed by atoms with Crippen molar-refractivity contribution in [2.24, 2.45) is 5.92 Å². The van der Waals surface area contributed by atoms with Crippen molar-refractivity contribution in [1.29, 1.82) is 0 Å². The number of carbonyl (C=O) groups excluding carboxylic acids is 1. The van der Waals surface area contributed by atoms with E-state index in [4.69, 9.17) is 27.9 Å². The molecule has 2 heterocycles. The number of hydrogen-bond donors (Lipinski definition) is 1. The summed E-state index contributed by atoms with van der Waals surface area (Å²) in [7, 11) is 1.54. The van der Waals surface area contributed by atoms with E-state index in [1.54, 1.807) is 36.6 Å². The summed E-state index contributed by atoms with van der Waals surface area (Å²) in [5, 5.41) is 5.24. The van der Waals surface area contributed by atoms with E-state index in [-0.39, 0.29) is 5.91 Å². The first-order chi connectivity index (χ1) is 15.5. The smallest absolute Gasteiger partial charge is 0.251 e. The van der Waals surface area contributed by atoms with E-state index in [1.807, 2.05) is 30.5 Å². The fraction of sp³-hybridized carbons (Fsp3) is 0.333. The number of carbonyl (C=O) groups is 1. The number of amides is 1. The normalized spacial score (nSPS) is 15.0. The molecule has 2 aromatic carbocycles. The van der Waals surface area contributed by atoms with Crippen molar-refractivity contribution in [2.45, 2.75) is 19.4 Å². The van der Waals surface area contributed by atoms with Gasteiger partial charge >= 0.3 is 0 Å². The average molecular weight is 490 g/mol. The molecule has 1 aromatic heterocycles. The van der Waals surface area contributed by atoms with Gasteiger partial charge in [0.25, 0.3) is 5.91 Å². The highest BCUT2D eigenvalue weighted by Gasteiger charge is 2.21. The standard InChI is InChI=1S/C24H25Cl2N3O2S/c1-31-22-12-17(6-7-21(22)26)23(30)27-13-16-8-10-29(11-9-16)15-18-14-28-24(32-18)19-4-2-3-5-20(19)25/h2-7,12,14,16H,8-11,13,15H2,1H3,(H,27,30). The number of nitrogens with zero attached hydrogens (tertiary/aromatic N) is 2. The van der Waals surface area contributed by atoms with Crippen molar-refractivity contribution in [3.63, 3.8) is 0 Å². The third-order valence-corrected chi connectivity index (χ3v) is 7.37. The zero-order valence-corrected chi connectivity index (χ0v) is 20.1. The second kappa shape index (κ2) is 10.7. The molecule has 0 aliphatic carbocycles. The van der Waals surface area contributed by atoms with Gasteiger partial charge in [0, 0.05) is 35.3 Å². The third-order valence-electron chi connectivity index (χ3n) is 5.71. The molecule has 0 radical (unpaired) electrons. The minimum absolute atomic E-state index is 0.0980. The zero-order valence-electron chi connectivity index (χ0n) is 17.8. The SMILES string of the molecule is COc1cc(C(=O)NCC2CCN(Cc3cnc(-c4ccccc4Cl)s3)CC2)ccc1Cl. The van der Waals surface area contributed by atoms with Crippen LogP contribution < -0.4 is 10.1 Å². The van der Waals surface area contributed by atoms with E-state index < -0.39 is 0 Å². The Morgan fingerprint density at radius 2 is 1.97 bits per heavy atom. The van der Waals surface area contributed by atoms with Gasteiger partial charge in [-0.2, -0.15) is 0 Å². The molecule has 4 rings (SSSR count). The summed E-state index contributed by atoms with van der Waals surface area (Å²) in [6.45, 7) is 3.59. The lowest BCUT2D eigenvalue weighted by Crippen LogP contribution is -2.38. The molecule has 8 heteroatoms. The van der Waals surface area contributed by atoms with Crippen molar-refractivity contribution < 1.29 is 9.53 Å². The molecule has 1 fully saturated rings. The first-order valence-electron chi connectivity index (χ1n) is 10.6. The van der Waals surface area contributed by atoms with Gasteiger partial charge < -0.3 is 10.1 Å². The van der Waals surface area contributed by atoms with E-state index in [0.717, 1.165) is 48.1 Å². The highest BCUT2D eigenvalue weighted by molar-refractivity contribution is 7.15. The van der Waals surface area contributed by atoms with Gasteiger partial charge in [-0.05, 0) is 56.1 Å². The van der Waals surface area contributed by atoms with Gasteiger partial charge in [-0.3, -0.25) is 9.69 Å². The first-order valence-corrected chi connectivity index (χ1v) is 12.1. The summed E-state index contributed by atoms with van der Waals surface area (Å²) in [5.74, 6) is 0.886. The number of piperidine rings is 1. The van der Waals surface area contributed by atoms with Crippen LogP contribution in [0.1, 0.15) is 28.1 Å². The summed E-state index contributed by atoms with van der Waals surface area (Å²) in [4.78, 5) is 20.7. The predicted octanol–water partition coefficient (Wildman–Crippen LogP) is 5.77. The molecule has 0 unspecified atom stereocenters. The Bertz CT molecular complexity index is 1080. The Kier molecular flexibility index (Phi) is 7.68. The molecule has 1 N–H and O–H groups in total. The number of hydrogen-bond acceptors (Lipinski definition) is 5. The summed E-state index contributed by atoms with van der Waals surface area (Å²) in [6, 6.07) is 12.9. The highest BCUT2D eigenvalue weighted by Crippen LogP contribution is 2.32. The van der Waals surface area contributed by atoms with Gasteiger partial charge in [0.15, 0.2) is 0 Å². The molecular weight excluding hydrogens is 465 g/mol. The number of thiazole rings is 1. The van der Waals surface area contributed by atoms with Crippen LogP contribution in [0, 0.1) is 5.92 Å². The number of methoxy groups -OCH3 is 1. The maximum absolute atomic E-state index is 12.5. The van der Waals surface area contributed by atoms with E-state index in [9.17, 15) is 4.79 Å². The number of benzene rings is 2. The Morgan fingerprint density at radius 1 is 1.19 bits per heavy atom. The molecule has 0 atom stereocenters. The molecule has 1 aliphatic heterocycles. The monoisotopic (exact) mass is 489 g/mol. The average Bonchev–Trinajstić information content (AvgIpc) is 3.27. The van der Waals surface area contributed by atoms with Gasteiger partial charge in [-0.25, -0.2) is 4.98 Å². The second-order valence-electron chi connectivity index (χ2n) is 7.89. The molecule has 32 heavy (non-hydrogen) atoms. The summed E-state index contributed by atoms with van der Waals surface area (Å²) >= 11 is 14.0. The number of likely N-dealkylation sites (tertiary alicyclic amines) is 1. The topological polar surface area (TPSA) is 54.5 Å². The van der Waals surface area contributed by atoms with E-state index >= 15 is 0 Å². The minimum Gasteiger partial charge on any atom is -0.495 e. The number of ether oxygens (including phenoxy) is 1. The number of aromatic nitrogens is 1. The van der Waals surface area contributed by atoms with Crippen molar-refractivity contribution in [3.05, 3.63) is 69.1 Å². The van der Waals surface area contributed by atoms with Gasteiger partial charge in [0.05, 0.1) is 17.2 Å². The Balaban J connectivity index is 1.24. The van der Waals surface area contributed by atoms with Crippen LogP contribution in [0.3, 0.4) is 0 Å². The molecule has 0 bridgehead atoms. The molecule has 168 valence electrons. The van der Waals surface area contributed by atoms with Crippen molar-refractivity contribution in [3.8, 4) is 16.3 Å². The van der Waals surface area contributed by atoms with Crippen molar-refractivity contribution >= 4 is 40.4 Å². The van der Waals surface area contributed by atoms with Crippen LogP contribution in [0.5, 0.6) is 5.75 Å². The summed E-state index contributed by atoms with van der Waals surface area (Å²) in [5.41, 5.74) is 1.54. The lowest BCUT2D eigenvalue weighted by atomic mass is 9.96. The van der Waals surface area contributed by atoms with Crippen LogP contribution in [-0.4, -0.2) is 42.5 Å². The largest absolute Gasteiger partial charge is 0.495 e. The Labute approximate surface area is 202 Å². The molecule has 1 saturated heterocycles. The first kappa shape index (κ1) is 23.1. The van der Waals surface area contributed by atoms with Crippen LogP contribution in [0.2, 0.25) is 10.0 Å². The lowest BCUT2D eigenvalue weighted by Gasteiger charge is -2.31. The molecule has 5 nitrogen and oxygen atoms in total. The van der Waals surface area contributed by atoms with Crippen LogP contribution >= 0.6 is 34.5 Å². The maximum Gasteiger partial charge on any atom is 0.251 e. The predicted molar refractivity (Wildman–Crippen MR) is 131 cm³/mol. The Morgan fingerprint density at radius 3 is 2.72 bits per heavy atom. The van der Waals surface area contributed by atoms with Crippen LogP contribution in [0.4, 0.5) is 0 Å².